The standard InChI is InChI=1S/C16H18BrFN6O3S/c1-28(25,26)24-7-8-4-10(24)6-13(8)21-16-14(22-27-23-16)15(19)20-9-2-3-12(18)11(17)5-9/h2-3,5,8,10,13H,4,6-7H2,1H3,(H2,19,20)(H,21,23). The van der Waals surface area contributed by atoms with Crippen molar-refractivity contribution >= 4 is 43.3 Å². The minimum Gasteiger partial charge on any atom is -0.382 e. The zero-order valence-corrected chi connectivity index (χ0v) is 17.2. The van der Waals surface area contributed by atoms with Crippen LogP contribution >= 0.6 is 15.9 Å². The fourth-order valence-electron chi connectivity index (χ4n) is 3.87. The number of benzene rings is 1. The van der Waals surface area contributed by atoms with E-state index in [1.807, 2.05) is 0 Å². The van der Waals surface area contributed by atoms with Crippen molar-refractivity contribution in [2.75, 3.05) is 18.1 Å². The summed E-state index contributed by atoms with van der Waals surface area (Å²) in [6.45, 7) is 0.481. The second kappa shape index (κ2) is 7.08. The SMILES string of the molecule is CS(=O)(=O)N1CC2CC1CC2Nc1nonc1C(N)=Nc1ccc(F)c(Br)c1. The molecule has 2 heterocycles. The van der Waals surface area contributed by atoms with Crippen LogP contribution in [0.25, 0.3) is 0 Å². The van der Waals surface area contributed by atoms with E-state index < -0.39 is 15.8 Å². The molecule has 0 radical (unpaired) electrons. The van der Waals surface area contributed by atoms with E-state index in [-0.39, 0.29) is 34.0 Å². The number of rotatable bonds is 5. The Morgan fingerprint density at radius 1 is 1.43 bits per heavy atom. The molecule has 3 N–H and O–H groups in total. The maximum atomic E-state index is 13.4. The van der Waals surface area contributed by atoms with Gasteiger partial charge in [0.05, 0.1) is 16.4 Å². The molecule has 1 aromatic heterocycles. The molecule has 4 rings (SSSR count). The molecule has 1 aliphatic heterocycles. The Balaban J connectivity index is 1.50. The highest BCUT2D eigenvalue weighted by Gasteiger charge is 2.48. The van der Waals surface area contributed by atoms with E-state index in [4.69, 9.17) is 10.4 Å². The maximum Gasteiger partial charge on any atom is 0.211 e. The first-order valence-electron chi connectivity index (χ1n) is 8.58. The quantitative estimate of drug-likeness (QED) is 0.501. The molecule has 1 aromatic carbocycles. The number of nitrogens with one attached hydrogen (secondary N) is 1. The highest BCUT2D eigenvalue weighted by atomic mass is 79.9. The van der Waals surface area contributed by atoms with Gasteiger partial charge in [-0.15, -0.1) is 0 Å². The summed E-state index contributed by atoms with van der Waals surface area (Å²) in [7, 11) is -3.19. The summed E-state index contributed by atoms with van der Waals surface area (Å²) in [5, 5.41) is 10.9. The van der Waals surface area contributed by atoms with Gasteiger partial charge in [-0.1, -0.05) is 0 Å². The van der Waals surface area contributed by atoms with Gasteiger partial charge in [0.15, 0.2) is 11.5 Å². The molecule has 2 fully saturated rings. The second-order valence-electron chi connectivity index (χ2n) is 7.03. The smallest absolute Gasteiger partial charge is 0.211 e. The zero-order chi connectivity index (χ0) is 20.1. The van der Waals surface area contributed by atoms with Crippen molar-refractivity contribution in [1.29, 1.82) is 0 Å². The van der Waals surface area contributed by atoms with E-state index in [1.54, 1.807) is 4.31 Å². The first-order valence-corrected chi connectivity index (χ1v) is 11.2. The van der Waals surface area contributed by atoms with Gasteiger partial charge >= 0.3 is 0 Å². The minimum absolute atomic E-state index is 0.0108. The van der Waals surface area contributed by atoms with E-state index in [0.717, 1.165) is 6.42 Å². The minimum atomic E-state index is -3.19. The number of piperidine rings is 1. The van der Waals surface area contributed by atoms with Crippen molar-refractivity contribution in [3.8, 4) is 0 Å². The van der Waals surface area contributed by atoms with Crippen LogP contribution in [0.3, 0.4) is 0 Å². The molecule has 3 atom stereocenters. The third-order valence-electron chi connectivity index (χ3n) is 5.12. The number of aromatic nitrogens is 2. The van der Waals surface area contributed by atoms with Crippen molar-refractivity contribution in [3.63, 3.8) is 0 Å². The maximum absolute atomic E-state index is 13.4. The molecule has 2 bridgehead atoms. The number of sulfonamides is 1. The van der Waals surface area contributed by atoms with E-state index in [0.29, 0.717) is 24.5 Å². The highest BCUT2D eigenvalue weighted by Crippen LogP contribution is 2.40. The molecule has 12 heteroatoms. The van der Waals surface area contributed by atoms with Gasteiger partial charge in [-0.05, 0) is 63.2 Å². The van der Waals surface area contributed by atoms with Gasteiger partial charge in [0, 0.05) is 18.6 Å². The van der Waals surface area contributed by atoms with Crippen LogP contribution in [0.15, 0.2) is 32.3 Å². The number of halogens is 2. The number of fused-ring (bicyclic) bond motifs is 2. The lowest BCUT2D eigenvalue weighted by Gasteiger charge is -2.30. The molecule has 0 amide bonds. The number of nitrogens with zero attached hydrogens (tertiary/aromatic N) is 4. The third-order valence-corrected chi connectivity index (χ3v) is 7.03. The topological polar surface area (TPSA) is 127 Å². The Morgan fingerprint density at radius 3 is 2.86 bits per heavy atom. The Hall–Kier alpha value is -2.05. The largest absolute Gasteiger partial charge is 0.382 e. The summed E-state index contributed by atoms with van der Waals surface area (Å²) in [6.07, 6.45) is 2.71. The van der Waals surface area contributed by atoms with Crippen LogP contribution in [0.2, 0.25) is 0 Å². The monoisotopic (exact) mass is 472 g/mol. The van der Waals surface area contributed by atoms with Gasteiger partial charge in [0.25, 0.3) is 0 Å². The Morgan fingerprint density at radius 2 is 2.21 bits per heavy atom. The predicted octanol–water partition coefficient (Wildman–Crippen LogP) is 1.84. The van der Waals surface area contributed by atoms with Gasteiger partial charge in [-0.3, -0.25) is 0 Å². The molecule has 150 valence electrons. The van der Waals surface area contributed by atoms with Crippen LogP contribution in [0.5, 0.6) is 0 Å². The Kier molecular flexibility index (Phi) is 4.88. The summed E-state index contributed by atoms with van der Waals surface area (Å²) in [5.74, 6) is 0.201. The number of nitrogens with two attached hydrogens (primary N) is 1. The van der Waals surface area contributed by atoms with E-state index in [2.05, 4.69) is 36.6 Å². The number of anilines is 1. The van der Waals surface area contributed by atoms with Gasteiger partial charge < -0.3 is 11.1 Å². The first kappa shape index (κ1) is 19.3. The van der Waals surface area contributed by atoms with Gasteiger partial charge in [0.2, 0.25) is 15.8 Å². The molecule has 2 aliphatic rings. The van der Waals surface area contributed by atoms with Crippen molar-refractivity contribution < 1.29 is 17.4 Å². The number of aliphatic imine (C=N–C) groups is 1. The molecular weight excluding hydrogens is 455 g/mol. The summed E-state index contributed by atoms with van der Waals surface area (Å²) < 4.78 is 43.6. The van der Waals surface area contributed by atoms with Crippen LogP contribution in [0.4, 0.5) is 15.9 Å². The van der Waals surface area contributed by atoms with Crippen LogP contribution < -0.4 is 11.1 Å². The number of hydrogen-bond donors (Lipinski definition) is 2. The molecule has 0 spiro atoms. The van der Waals surface area contributed by atoms with Crippen LogP contribution in [0, 0.1) is 11.7 Å². The lowest BCUT2D eigenvalue weighted by molar-refractivity contribution is 0.303. The van der Waals surface area contributed by atoms with E-state index in [9.17, 15) is 12.8 Å². The van der Waals surface area contributed by atoms with Crippen molar-refractivity contribution in [2.24, 2.45) is 16.6 Å². The summed E-state index contributed by atoms with van der Waals surface area (Å²) in [5.41, 5.74) is 6.74. The van der Waals surface area contributed by atoms with Crippen LogP contribution in [-0.4, -0.2) is 53.8 Å². The van der Waals surface area contributed by atoms with E-state index in [1.165, 1.54) is 24.5 Å². The zero-order valence-electron chi connectivity index (χ0n) is 14.8. The third kappa shape index (κ3) is 3.63. The fourth-order valence-corrected chi connectivity index (χ4v) is 5.41. The van der Waals surface area contributed by atoms with Gasteiger partial charge in [-0.2, -0.15) is 4.31 Å². The van der Waals surface area contributed by atoms with E-state index >= 15 is 0 Å². The van der Waals surface area contributed by atoms with Gasteiger partial charge in [-0.25, -0.2) is 22.4 Å². The molecule has 2 aromatic rings. The lowest BCUT2D eigenvalue weighted by atomic mass is 10.0. The molecule has 3 unspecified atom stereocenters. The second-order valence-corrected chi connectivity index (χ2v) is 9.82. The van der Waals surface area contributed by atoms with Crippen LogP contribution in [-0.2, 0) is 10.0 Å². The Bertz CT molecular complexity index is 1040. The highest BCUT2D eigenvalue weighted by molar-refractivity contribution is 9.10. The van der Waals surface area contributed by atoms with Gasteiger partial charge in [0.1, 0.15) is 5.82 Å². The molecular formula is C16H18BrFN6O3S. The number of amidine groups is 1. The molecule has 9 nitrogen and oxygen atoms in total. The summed E-state index contributed by atoms with van der Waals surface area (Å²) in [4.78, 5) is 4.24. The lowest BCUT2D eigenvalue weighted by Crippen LogP contribution is -2.43. The average Bonchev–Trinajstić information content (AvgIpc) is 3.33. The average molecular weight is 473 g/mol. The normalized spacial score (nSPS) is 25.4. The summed E-state index contributed by atoms with van der Waals surface area (Å²) >= 11 is 3.10. The number of hydrogen-bond acceptors (Lipinski definition) is 7. The van der Waals surface area contributed by atoms with Crippen LogP contribution in [0.1, 0.15) is 18.5 Å². The van der Waals surface area contributed by atoms with Crippen molar-refractivity contribution in [2.45, 2.75) is 24.9 Å². The molecule has 1 saturated carbocycles. The molecule has 1 aliphatic carbocycles. The molecule has 28 heavy (non-hydrogen) atoms. The van der Waals surface area contributed by atoms with Crippen molar-refractivity contribution in [3.05, 3.63) is 34.2 Å². The Labute approximate surface area is 169 Å². The first-order chi connectivity index (χ1) is 13.2. The predicted molar refractivity (Wildman–Crippen MR) is 104 cm³/mol. The van der Waals surface area contributed by atoms with Crippen molar-refractivity contribution in [1.82, 2.24) is 14.6 Å². The fraction of sp³-hybridized carbons (Fsp3) is 0.438. The molecule has 1 saturated heterocycles. The summed E-state index contributed by atoms with van der Waals surface area (Å²) in [6, 6.07) is 4.30.